The average molecular weight is 397 g/mol. The summed E-state index contributed by atoms with van der Waals surface area (Å²) in [6.07, 6.45) is 0. The van der Waals surface area contributed by atoms with Gasteiger partial charge >= 0.3 is 0 Å². The van der Waals surface area contributed by atoms with Crippen molar-refractivity contribution in [3.8, 4) is 5.75 Å². The number of hydrogen-bond donors (Lipinski definition) is 1. The Kier molecular flexibility index (Phi) is 5.99. The number of nitrogens with zero attached hydrogens (tertiary/aromatic N) is 1. The number of para-hydroxylation sites is 1. The molecule has 0 unspecified atom stereocenters. The summed E-state index contributed by atoms with van der Waals surface area (Å²) in [5.41, 5.74) is 3.42. The van der Waals surface area contributed by atoms with Crippen molar-refractivity contribution in [3.63, 3.8) is 0 Å². The Balaban J connectivity index is 1.98. The molecule has 1 aromatic carbocycles. The van der Waals surface area contributed by atoms with Gasteiger partial charge in [0.05, 0.1) is 20.2 Å². The molecule has 5 nitrogen and oxygen atoms in total. The van der Waals surface area contributed by atoms with Crippen molar-refractivity contribution >= 4 is 23.0 Å². The van der Waals surface area contributed by atoms with Crippen molar-refractivity contribution in [2.24, 2.45) is 0 Å². The number of hydrogen-bond acceptors (Lipinski definition) is 4. The standard InChI is InChI=1S/C22H24N2O3S/c1-14-20(16(3)25)15(2)23-21(14)22(26)24(13-18-9-7-11-28-18)12-17-8-5-6-10-19(17)27-4/h5-11,23H,12-13H2,1-4H3. The van der Waals surface area contributed by atoms with Gasteiger partial charge in [-0.3, -0.25) is 9.59 Å². The van der Waals surface area contributed by atoms with Crippen molar-refractivity contribution < 1.29 is 14.3 Å². The number of rotatable bonds is 7. The number of H-pyrrole nitrogens is 1. The topological polar surface area (TPSA) is 62.4 Å². The molecule has 28 heavy (non-hydrogen) atoms. The van der Waals surface area contributed by atoms with Crippen LogP contribution in [0.1, 0.15) is 49.5 Å². The minimum Gasteiger partial charge on any atom is -0.496 e. The van der Waals surface area contributed by atoms with Crippen molar-refractivity contribution in [2.75, 3.05) is 7.11 Å². The zero-order chi connectivity index (χ0) is 20.3. The highest BCUT2D eigenvalue weighted by molar-refractivity contribution is 7.09. The Morgan fingerprint density at radius 3 is 2.46 bits per heavy atom. The number of aryl methyl sites for hydroxylation is 1. The molecule has 0 saturated heterocycles. The quantitative estimate of drug-likeness (QED) is 0.587. The summed E-state index contributed by atoms with van der Waals surface area (Å²) >= 11 is 1.61. The van der Waals surface area contributed by atoms with Crippen LogP contribution in [0.3, 0.4) is 0 Å². The van der Waals surface area contributed by atoms with Crippen LogP contribution in [0, 0.1) is 13.8 Å². The monoisotopic (exact) mass is 396 g/mol. The maximum absolute atomic E-state index is 13.4. The van der Waals surface area contributed by atoms with E-state index in [-0.39, 0.29) is 11.7 Å². The molecule has 0 aliphatic rings. The van der Waals surface area contributed by atoms with E-state index in [0.717, 1.165) is 21.9 Å². The first-order chi connectivity index (χ1) is 13.4. The predicted octanol–water partition coefficient (Wildman–Crippen LogP) is 4.75. The molecule has 2 aromatic heterocycles. The molecule has 3 rings (SSSR count). The summed E-state index contributed by atoms with van der Waals surface area (Å²) in [6, 6.07) is 11.7. The van der Waals surface area contributed by atoms with Crippen molar-refractivity contribution in [1.82, 2.24) is 9.88 Å². The van der Waals surface area contributed by atoms with Crippen LogP contribution in [-0.2, 0) is 13.1 Å². The number of ether oxygens (including phenoxy) is 1. The molecule has 0 aliphatic heterocycles. The first kappa shape index (κ1) is 19.9. The molecule has 2 heterocycles. The molecule has 6 heteroatoms. The van der Waals surface area contributed by atoms with Gasteiger partial charge in [-0.2, -0.15) is 0 Å². The first-order valence-electron chi connectivity index (χ1n) is 9.06. The van der Waals surface area contributed by atoms with E-state index < -0.39 is 0 Å². The number of benzene rings is 1. The molecular formula is C22H24N2O3S. The summed E-state index contributed by atoms with van der Waals surface area (Å²) in [7, 11) is 1.63. The van der Waals surface area contributed by atoms with Crippen LogP contribution in [0.5, 0.6) is 5.75 Å². The zero-order valence-electron chi connectivity index (χ0n) is 16.5. The zero-order valence-corrected chi connectivity index (χ0v) is 17.4. The molecule has 0 saturated carbocycles. The minimum absolute atomic E-state index is 0.0418. The average Bonchev–Trinajstić information content (AvgIpc) is 3.28. The fourth-order valence-electron chi connectivity index (χ4n) is 3.48. The summed E-state index contributed by atoms with van der Waals surface area (Å²) in [5.74, 6) is 0.572. The minimum atomic E-state index is -0.132. The maximum Gasteiger partial charge on any atom is 0.271 e. The van der Waals surface area contributed by atoms with Crippen LogP contribution in [0.2, 0.25) is 0 Å². The van der Waals surface area contributed by atoms with Crippen molar-refractivity contribution in [1.29, 1.82) is 0 Å². The van der Waals surface area contributed by atoms with Gasteiger partial charge in [-0.15, -0.1) is 11.3 Å². The first-order valence-corrected chi connectivity index (χ1v) is 9.94. The van der Waals surface area contributed by atoms with Gasteiger partial charge in [-0.05, 0) is 43.8 Å². The van der Waals surface area contributed by atoms with E-state index in [1.165, 1.54) is 6.92 Å². The SMILES string of the molecule is COc1ccccc1CN(Cc1cccs1)C(=O)c1[nH]c(C)c(C(C)=O)c1C. The van der Waals surface area contributed by atoms with Gasteiger partial charge in [0, 0.05) is 21.7 Å². The van der Waals surface area contributed by atoms with Gasteiger partial charge in [0.2, 0.25) is 0 Å². The largest absolute Gasteiger partial charge is 0.496 e. The molecule has 146 valence electrons. The van der Waals surface area contributed by atoms with Gasteiger partial charge in [0.1, 0.15) is 11.4 Å². The van der Waals surface area contributed by atoms with Crippen molar-refractivity contribution in [3.05, 3.63) is 74.7 Å². The smallest absolute Gasteiger partial charge is 0.271 e. The van der Waals surface area contributed by atoms with Gasteiger partial charge in [-0.1, -0.05) is 24.3 Å². The Bertz CT molecular complexity index is 989. The van der Waals surface area contributed by atoms with Gasteiger partial charge in [0.15, 0.2) is 5.78 Å². The van der Waals surface area contributed by atoms with E-state index in [0.29, 0.717) is 29.9 Å². The van der Waals surface area contributed by atoms with Gasteiger partial charge in [0.25, 0.3) is 5.91 Å². The van der Waals surface area contributed by atoms with Crippen LogP contribution in [0.4, 0.5) is 0 Å². The van der Waals surface area contributed by atoms with Crippen LogP contribution in [0.15, 0.2) is 41.8 Å². The highest BCUT2D eigenvalue weighted by Crippen LogP contribution is 2.25. The molecule has 1 N–H and O–H groups in total. The lowest BCUT2D eigenvalue weighted by Gasteiger charge is -2.23. The molecular weight excluding hydrogens is 372 g/mol. The second-order valence-corrected chi connectivity index (χ2v) is 7.77. The lowest BCUT2D eigenvalue weighted by molar-refractivity contribution is 0.0724. The van der Waals surface area contributed by atoms with E-state index in [2.05, 4.69) is 4.98 Å². The fourth-order valence-corrected chi connectivity index (χ4v) is 4.20. The Morgan fingerprint density at radius 1 is 1.11 bits per heavy atom. The Hall–Kier alpha value is -2.86. The number of aromatic nitrogens is 1. The summed E-state index contributed by atoms with van der Waals surface area (Å²) in [5, 5.41) is 2.00. The third-order valence-corrected chi connectivity index (χ3v) is 5.63. The van der Waals surface area contributed by atoms with E-state index in [1.807, 2.05) is 55.6 Å². The molecule has 0 atom stereocenters. The van der Waals surface area contributed by atoms with Gasteiger partial charge < -0.3 is 14.6 Å². The molecule has 1 amide bonds. The third kappa shape index (κ3) is 4.02. The third-order valence-electron chi connectivity index (χ3n) is 4.77. The maximum atomic E-state index is 13.4. The number of thiophene rings is 1. The van der Waals surface area contributed by atoms with E-state index in [1.54, 1.807) is 23.3 Å². The van der Waals surface area contributed by atoms with E-state index in [4.69, 9.17) is 4.74 Å². The number of aromatic amines is 1. The number of amides is 1. The summed E-state index contributed by atoms with van der Waals surface area (Å²) < 4.78 is 5.46. The molecule has 3 aromatic rings. The normalized spacial score (nSPS) is 10.7. The number of nitrogens with one attached hydrogen (secondary N) is 1. The van der Waals surface area contributed by atoms with Crippen LogP contribution >= 0.6 is 11.3 Å². The highest BCUT2D eigenvalue weighted by atomic mass is 32.1. The number of ketones is 1. The van der Waals surface area contributed by atoms with Gasteiger partial charge in [-0.25, -0.2) is 0 Å². The Labute approximate surface area is 169 Å². The molecule has 0 fully saturated rings. The van der Waals surface area contributed by atoms with Crippen LogP contribution < -0.4 is 4.74 Å². The molecule has 0 bridgehead atoms. The molecule has 0 aliphatic carbocycles. The van der Waals surface area contributed by atoms with E-state index >= 15 is 0 Å². The number of Topliss-reactive ketones (excluding diaryl/α,β-unsaturated/α-hetero) is 1. The van der Waals surface area contributed by atoms with Crippen molar-refractivity contribution in [2.45, 2.75) is 33.9 Å². The molecule has 0 spiro atoms. The Morgan fingerprint density at radius 2 is 1.86 bits per heavy atom. The number of carbonyl (C=O) groups is 2. The lowest BCUT2D eigenvalue weighted by Crippen LogP contribution is -2.30. The molecule has 0 radical (unpaired) electrons. The number of carbonyl (C=O) groups excluding carboxylic acids is 2. The van der Waals surface area contributed by atoms with Crippen LogP contribution in [0.25, 0.3) is 0 Å². The predicted molar refractivity (Wildman–Crippen MR) is 111 cm³/mol. The fraction of sp³-hybridized carbons (Fsp3) is 0.273. The van der Waals surface area contributed by atoms with E-state index in [9.17, 15) is 9.59 Å². The van der Waals surface area contributed by atoms with Crippen LogP contribution in [-0.4, -0.2) is 28.7 Å². The number of methoxy groups -OCH3 is 1. The lowest BCUT2D eigenvalue weighted by atomic mass is 10.1. The second-order valence-electron chi connectivity index (χ2n) is 6.73. The summed E-state index contributed by atoms with van der Waals surface area (Å²) in [4.78, 5) is 31.4. The summed E-state index contributed by atoms with van der Waals surface area (Å²) in [6.45, 7) is 6.06. The highest BCUT2D eigenvalue weighted by Gasteiger charge is 2.25. The second kappa shape index (κ2) is 8.44.